The lowest BCUT2D eigenvalue weighted by Crippen LogP contribution is -2.15. The van der Waals surface area contributed by atoms with E-state index in [2.05, 4.69) is 4.90 Å². The highest BCUT2D eigenvalue weighted by atomic mass is 16.5. The first-order valence-corrected chi connectivity index (χ1v) is 7.36. The Morgan fingerprint density at radius 3 is 2.67 bits per heavy atom. The molecule has 1 aromatic carbocycles. The summed E-state index contributed by atoms with van der Waals surface area (Å²) in [5.41, 5.74) is 2.32. The van der Waals surface area contributed by atoms with E-state index in [4.69, 9.17) is 9.15 Å². The van der Waals surface area contributed by atoms with Crippen molar-refractivity contribution in [3.05, 3.63) is 39.7 Å². The second-order valence-electron chi connectivity index (χ2n) is 5.59. The molecular formula is C17H23NO3. The third-order valence-corrected chi connectivity index (χ3v) is 3.42. The highest BCUT2D eigenvalue weighted by molar-refractivity contribution is 5.87. The number of ether oxygens (including phenoxy) is 1. The Morgan fingerprint density at radius 2 is 2.00 bits per heavy atom. The van der Waals surface area contributed by atoms with Gasteiger partial charge in [0.1, 0.15) is 11.3 Å². The molecule has 21 heavy (non-hydrogen) atoms. The fourth-order valence-corrected chi connectivity index (χ4v) is 2.43. The minimum absolute atomic E-state index is 0.302. The fraction of sp³-hybridized carbons (Fsp3) is 0.471. The van der Waals surface area contributed by atoms with Crippen LogP contribution in [0.1, 0.15) is 24.5 Å². The Bertz CT molecular complexity index is 674. The average molecular weight is 289 g/mol. The summed E-state index contributed by atoms with van der Waals surface area (Å²) in [6.45, 7) is 5.65. The first kappa shape index (κ1) is 15.6. The third-order valence-electron chi connectivity index (χ3n) is 3.42. The Kier molecular flexibility index (Phi) is 5.02. The van der Waals surface area contributed by atoms with Crippen molar-refractivity contribution < 1.29 is 9.15 Å². The summed E-state index contributed by atoms with van der Waals surface area (Å²) in [5.74, 6) is 0.810. The number of hydrogen-bond donors (Lipinski definition) is 0. The third kappa shape index (κ3) is 3.85. The van der Waals surface area contributed by atoms with Gasteiger partial charge in [-0.3, -0.25) is 0 Å². The van der Waals surface area contributed by atoms with E-state index in [1.54, 1.807) is 6.07 Å². The molecule has 1 heterocycles. The number of benzene rings is 1. The van der Waals surface area contributed by atoms with E-state index in [1.165, 1.54) is 0 Å². The van der Waals surface area contributed by atoms with Gasteiger partial charge < -0.3 is 14.1 Å². The van der Waals surface area contributed by atoms with Crippen LogP contribution in [0.5, 0.6) is 5.75 Å². The first-order chi connectivity index (χ1) is 10.0. The zero-order chi connectivity index (χ0) is 15.4. The predicted molar refractivity (Wildman–Crippen MR) is 85.3 cm³/mol. The molecule has 2 aromatic rings. The Labute approximate surface area is 125 Å². The largest absolute Gasteiger partial charge is 0.493 e. The summed E-state index contributed by atoms with van der Waals surface area (Å²) in [6.07, 6.45) is 1.74. The van der Waals surface area contributed by atoms with E-state index < -0.39 is 0 Å². The molecular weight excluding hydrogens is 266 g/mol. The molecule has 114 valence electrons. The molecule has 0 N–H and O–H groups in total. The van der Waals surface area contributed by atoms with Gasteiger partial charge in [-0.15, -0.1) is 0 Å². The molecule has 0 aliphatic rings. The quantitative estimate of drug-likeness (QED) is 0.605. The van der Waals surface area contributed by atoms with Gasteiger partial charge in [0.2, 0.25) is 0 Å². The molecule has 0 saturated heterocycles. The van der Waals surface area contributed by atoms with Gasteiger partial charge in [-0.2, -0.15) is 0 Å². The van der Waals surface area contributed by atoms with E-state index in [0.29, 0.717) is 12.2 Å². The molecule has 1 aromatic heterocycles. The average Bonchev–Trinajstić information content (AvgIpc) is 2.41. The second kappa shape index (κ2) is 6.76. The van der Waals surface area contributed by atoms with Crippen molar-refractivity contribution in [1.82, 2.24) is 4.90 Å². The number of hydrogen-bond acceptors (Lipinski definition) is 4. The number of fused-ring (bicyclic) bond motifs is 1. The molecule has 0 saturated carbocycles. The van der Waals surface area contributed by atoms with E-state index in [-0.39, 0.29) is 5.63 Å². The van der Waals surface area contributed by atoms with Crippen molar-refractivity contribution in [2.75, 3.05) is 27.2 Å². The van der Waals surface area contributed by atoms with Crippen LogP contribution in [0.25, 0.3) is 11.0 Å². The molecule has 2 rings (SSSR count). The molecule has 0 bridgehead atoms. The molecule has 0 spiro atoms. The van der Waals surface area contributed by atoms with Gasteiger partial charge in [-0.1, -0.05) is 6.92 Å². The molecule has 0 aliphatic carbocycles. The monoisotopic (exact) mass is 289 g/mol. The molecule has 0 radical (unpaired) electrons. The van der Waals surface area contributed by atoms with Crippen molar-refractivity contribution in [2.45, 2.75) is 26.7 Å². The smallest absolute Gasteiger partial charge is 0.336 e. The molecule has 0 amide bonds. The normalized spacial score (nSPS) is 11.3. The lowest BCUT2D eigenvalue weighted by atomic mass is 10.1. The molecule has 0 atom stereocenters. The predicted octanol–water partition coefficient (Wildman–Crippen LogP) is 2.99. The van der Waals surface area contributed by atoms with Crippen LogP contribution in [0, 0.1) is 6.92 Å². The van der Waals surface area contributed by atoms with Crippen molar-refractivity contribution in [1.29, 1.82) is 0 Å². The lowest BCUT2D eigenvalue weighted by molar-refractivity contribution is 0.283. The summed E-state index contributed by atoms with van der Waals surface area (Å²) in [4.78, 5) is 13.7. The van der Waals surface area contributed by atoms with Gasteiger partial charge >= 0.3 is 5.63 Å². The number of aryl methyl sites for hydroxylation is 2. The lowest BCUT2D eigenvalue weighted by Gasteiger charge is -2.14. The first-order valence-electron chi connectivity index (χ1n) is 7.36. The molecule has 4 heteroatoms. The Hall–Kier alpha value is -1.81. The molecule has 0 unspecified atom stereocenters. The Morgan fingerprint density at radius 1 is 1.24 bits per heavy atom. The van der Waals surface area contributed by atoms with Gasteiger partial charge in [0, 0.05) is 12.6 Å². The summed E-state index contributed by atoms with van der Waals surface area (Å²) in [7, 11) is 4.10. The van der Waals surface area contributed by atoms with Crippen LogP contribution >= 0.6 is 0 Å². The van der Waals surface area contributed by atoms with E-state index in [0.717, 1.165) is 41.6 Å². The highest BCUT2D eigenvalue weighted by Crippen LogP contribution is 2.30. The molecule has 0 fully saturated rings. The topological polar surface area (TPSA) is 42.7 Å². The van der Waals surface area contributed by atoms with Crippen molar-refractivity contribution in [3.63, 3.8) is 0 Å². The summed E-state index contributed by atoms with van der Waals surface area (Å²) < 4.78 is 11.3. The molecule has 4 nitrogen and oxygen atoms in total. The van der Waals surface area contributed by atoms with Crippen molar-refractivity contribution >= 4 is 11.0 Å². The second-order valence-corrected chi connectivity index (χ2v) is 5.59. The fourth-order valence-electron chi connectivity index (χ4n) is 2.43. The van der Waals surface area contributed by atoms with E-state index >= 15 is 0 Å². The minimum Gasteiger partial charge on any atom is -0.493 e. The summed E-state index contributed by atoms with van der Waals surface area (Å²) in [5, 5.41) is 0.924. The van der Waals surface area contributed by atoms with Crippen molar-refractivity contribution in [2.24, 2.45) is 0 Å². The minimum atomic E-state index is -0.302. The van der Waals surface area contributed by atoms with Crippen molar-refractivity contribution in [3.8, 4) is 5.75 Å². The van der Waals surface area contributed by atoms with Crippen LogP contribution in [-0.4, -0.2) is 32.1 Å². The zero-order valence-electron chi connectivity index (χ0n) is 13.2. The maximum atomic E-state index is 11.6. The number of rotatable bonds is 6. The maximum Gasteiger partial charge on any atom is 0.336 e. The standard InChI is InChI=1S/C17H23NO3/c1-5-13-11-16(19)21-15-10-12(2)9-14(17(13)15)20-8-6-7-18(3)4/h9-11H,5-8H2,1-4H3. The maximum absolute atomic E-state index is 11.6. The van der Waals surface area contributed by atoms with Gasteiger partial charge in [0.05, 0.1) is 12.0 Å². The highest BCUT2D eigenvalue weighted by Gasteiger charge is 2.11. The van der Waals surface area contributed by atoms with Crippen LogP contribution in [0.3, 0.4) is 0 Å². The summed E-state index contributed by atoms with van der Waals surface area (Å²) >= 11 is 0. The SMILES string of the molecule is CCc1cc(=O)oc2cc(C)cc(OCCCN(C)C)c12. The van der Waals surface area contributed by atoms with E-state index in [1.807, 2.05) is 40.1 Å². The van der Waals surface area contributed by atoms with Crippen LogP contribution in [-0.2, 0) is 6.42 Å². The number of nitrogens with zero attached hydrogens (tertiary/aromatic N) is 1. The van der Waals surface area contributed by atoms with Gasteiger partial charge in [-0.25, -0.2) is 4.79 Å². The summed E-state index contributed by atoms with van der Waals surface area (Å²) in [6, 6.07) is 5.46. The van der Waals surface area contributed by atoms with Crippen LogP contribution in [0.15, 0.2) is 27.4 Å². The van der Waals surface area contributed by atoms with Crippen LogP contribution in [0.4, 0.5) is 0 Å². The van der Waals surface area contributed by atoms with Gasteiger partial charge in [0.15, 0.2) is 0 Å². The van der Waals surface area contributed by atoms with Crippen LogP contribution in [0.2, 0.25) is 0 Å². The van der Waals surface area contributed by atoms with E-state index in [9.17, 15) is 4.79 Å². The van der Waals surface area contributed by atoms with Gasteiger partial charge in [-0.05, 0) is 57.1 Å². The zero-order valence-corrected chi connectivity index (χ0v) is 13.2. The molecule has 0 aliphatic heterocycles. The van der Waals surface area contributed by atoms with Gasteiger partial charge in [0.25, 0.3) is 0 Å². The van der Waals surface area contributed by atoms with Crippen LogP contribution < -0.4 is 10.4 Å². The Balaban J connectivity index is 2.35.